The maximum Gasteiger partial charge on any atom is 0.315 e. The van der Waals surface area contributed by atoms with Gasteiger partial charge in [0.2, 0.25) is 0 Å². The number of carboxylic acid groups (broad SMARTS) is 1. The van der Waals surface area contributed by atoms with Gasteiger partial charge >= 0.3 is 12.0 Å². The molecule has 17 heavy (non-hydrogen) atoms. The van der Waals surface area contributed by atoms with Crippen LogP contribution in [0.5, 0.6) is 0 Å². The molecule has 3 N–H and O–H groups in total. The lowest BCUT2D eigenvalue weighted by atomic mass is 10.0. The van der Waals surface area contributed by atoms with Crippen molar-refractivity contribution < 1.29 is 14.7 Å². The first-order valence-corrected chi connectivity index (χ1v) is 5.59. The number of hydrogen-bond donors (Lipinski definition) is 3. The van der Waals surface area contributed by atoms with Crippen LogP contribution >= 0.6 is 0 Å². The van der Waals surface area contributed by atoms with Gasteiger partial charge in [-0.25, -0.2) is 4.79 Å². The summed E-state index contributed by atoms with van der Waals surface area (Å²) in [4.78, 5) is 22.3. The number of hydrogen-bond acceptors (Lipinski definition) is 2. The normalized spacial score (nSPS) is 12.4. The molecule has 96 valence electrons. The average Bonchev–Trinajstić information content (AvgIpc) is 2.23. The second-order valence-electron chi connectivity index (χ2n) is 4.43. The van der Waals surface area contributed by atoms with E-state index in [1.807, 2.05) is 6.92 Å². The van der Waals surface area contributed by atoms with Crippen LogP contribution < -0.4 is 10.6 Å². The minimum absolute atomic E-state index is 0.107. The lowest BCUT2D eigenvalue weighted by Crippen LogP contribution is -2.48. The highest BCUT2D eigenvalue weighted by Gasteiger charge is 2.20. The zero-order valence-corrected chi connectivity index (χ0v) is 10.5. The van der Waals surface area contributed by atoms with E-state index in [-0.39, 0.29) is 6.54 Å². The Morgan fingerprint density at radius 3 is 2.47 bits per heavy atom. The van der Waals surface area contributed by atoms with Crippen LogP contribution in [-0.4, -0.2) is 29.2 Å². The summed E-state index contributed by atoms with van der Waals surface area (Å²) in [6.07, 6.45) is 6.52. The number of aliphatic carboxylic acids is 1. The predicted octanol–water partition coefficient (Wildman–Crippen LogP) is 1.20. The summed E-state index contributed by atoms with van der Waals surface area (Å²) in [5.74, 6) is 0.964. The molecular weight excluding hydrogens is 220 g/mol. The van der Waals surface area contributed by atoms with Crippen LogP contribution in [0.4, 0.5) is 4.79 Å². The lowest BCUT2D eigenvalue weighted by molar-refractivity contribution is -0.141. The molecule has 0 aromatic rings. The Kier molecular flexibility index (Phi) is 6.11. The summed E-state index contributed by atoms with van der Waals surface area (Å²) in [5.41, 5.74) is -0.743. The van der Waals surface area contributed by atoms with Crippen molar-refractivity contribution >= 4 is 12.0 Å². The van der Waals surface area contributed by atoms with E-state index in [4.69, 9.17) is 11.5 Å². The molecule has 0 saturated carbocycles. The van der Waals surface area contributed by atoms with Gasteiger partial charge in [-0.3, -0.25) is 4.79 Å². The first-order valence-electron chi connectivity index (χ1n) is 5.59. The average molecular weight is 240 g/mol. The van der Waals surface area contributed by atoms with Gasteiger partial charge in [0.1, 0.15) is 0 Å². The Morgan fingerprint density at radius 2 is 2.06 bits per heavy atom. The minimum Gasteiger partial charge on any atom is -0.481 e. The highest BCUT2D eigenvalue weighted by molar-refractivity contribution is 5.76. The summed E-state index contributed by atoms with van der Waals surface area (Å²) in [6, 6.07) is -0.449. The van der Waals surface area contributed by atoms with E-state index < -0.39 is 23.5 Å². The Labute approximate surface area is 102 Å². The number of carbonyl (C=O) groups is 2. The number of carbonyl (C=O) groups excluding carboxylic acids is 1. The van der Waals surface area contributed by atoms with Gasteiger partial charge < -0.3 is 15.7 Å². The Bertz CT molecular complexity index is 318. The first kappa shape index (κ1) is 15.3. The van der Waals surface area contributed by atoms with Gasteiger partial charge in [0.25, 0.3) is 0 Å². The van der Waals surface area contributed by atoms with Gasteiger partial charge in [-0.15, -0.1) is 6.42 Å². The molecule has 5 nitrogen and oxygen atoms in total. The number of carboxylic acids is 1. The maximum absolute atomic E-state index is 11.4. The Hall–Kier alpha value is -1.70. The third-order valence-electron chi connectivity index (χ3n) is 2.28. The molecule has 0 radical (unpaired) electrons. The maximum atomic E-state index is 11.4. The van der Waals surface area contributed by atoms with Gasteiger partial charge in [0.15, 0.2) is 0 Å². The van der Waals surface area contributed by atoms with Crippen molar-refractivity contribution in [2.24, 2.45) is 5.92 Å². The second-order valence-corrected chi connectivity index (χ2v) is 4.43. The largest absolute Gasteiger partial charge is 0.481 e. The number of nitrogens with one attached hydrogen (secondary N) is 2. The molecule has 0 heterocycles. The smallest absolute Gasteiger partial charge is 0.315 e. The number of urea groups is 1. The van der Waals surface area contributed by atoms with E-state index in [1.165, 1.54) is 0 Å². The van der Waals surface area contributed by atoms with Crippen molar-refractivity contribution in [2.45, 2.75) is 39.2 Å². The molecule has 0 bridgehead atoms. The molecule has 0 aromatic carbocycles. The fourth-order valence-corrected chi connectivity index (χ4v) is 1.24. The van der Waals surface area contributed by atoms with Crippen LogP contribution in [0.1, 0.15) is 33.6 Å². The number of terminal acetylenes is 1. The zero-order valence-electron chi connectivity index (χ0n) is 10.5. The van der Waals surface area contributed by atoms with Crippen LogP contribution in [-0.2, 0) is 4.79 Å². The van der Waals surface area contributed by atoms with Crippen LogP contribution in [0.3, 0.4) is 0 Å². The van der Waals surface area contributed by atoms with Gasteiger partial charge in [0, 0.05) is 6.54 Å². The summed E-state index contributed by atoms with van der Waals surface area (Å²) >= 11 is 0. The molecule has 5 heteroatoms. The van der Waals surface area contributed by atoms with Crippen molar-refractivity contribution in [2.75, 3.05) is 6.54 Å². The third kappa shape index (κ3) is 6.46. The zero-order chi connectivity index (χ0) is 13.5. The molecule has 0 saturated heterocycles. The summed E-state index contributed by atoms with van der Waals surface area (Å²) in [7, 11) is 0. The third-order valence-corrected chi connectivity index (χ3v) is 2.28. The van der Waals surface area contributed by atoms with E-state index >= 15 is 0 Å². The molecule has 0 spiro atoms. The Morgan fingerprint density at radius 1 is 1.47 bits per heavy atom. The summed E-state index contributed by atoms with van der Waals surface area (Å²) < 4.78 is 0. The van der Waals surface area contributed by atoms with E-state index in [2.05, 4.69) is 16.6 Å². The quantitative estimate of drug-likeness (QED) is 0.610. The first-order chi connectivity index (χ1) is 7.82. The van der Waals surface area contributed by atoms with Gasteiger partial charge in [-0.05, 0) is 20.3 Å². The lowest BCUT2D eigenvalue weighted by Gasteiger charge is -2.20. The van der Waals surface area contributed by atoms with Gasteiger partial charge in [0.05, 0.1) is 11.5 Å². The highest BCUT2D eigenvalue weighted by Crippen LogP contribution is 2.05. The molecule has 2 amide bonds. The number of rotatable bonds is 6. The van der Waals surface area contributed by atoms with Gasteiger partial charge in [-0.2, -0.15) is 0 Å². The fourth-order valence-electron chi connectivity index (χ4n) is 1.24. The van der Waals surface area contributed by atoms with E-state index in [0.717, 1.165) is 6.42 Å². The standard InChI is InChI=1S/C12H20N2O3/c1-5-7-9(10(15)16)8-13-11(17)14-12(3,4)6-2/h2,9H,5,7-8H2,1,3-4H3,(H,15,16)(H2,13,14,17). The van der Waals surface area contributed by atoms with E-state index in [0.29, 0.717) is 6.42 Å². The Balaban J connectivity index is 4.15. The van der Waals surface area contributed by atoms with Crippen molar-refractivity contribution in [3.05, 3.63) is 0 Å². The molecule has 1 unspecified atom stereocenters. The van der Waals surface area contributed by atoms with Crippen molar-refractivity contribution in [3.63, 3.8) is 0 Å². The monoisotopic (exact) mass is 240 g/mol. The molecule has 1 atom stereocenters. The van der Waals surface area contributed by atoms with Gasteiger partial charge in [-0.1, -0.05) is 19.3 Å². The fraction of sp³-hybridized carbons (Fsp3) is 0.667. The number of amides is 2. The van der Waals surface area contributed by atoms with E-state index in [9.17, 15) is 9.59 Å². The molecule has 0 fully saturated rings. The molecule has 0 aliphatic carbocycles. The molecule has 0 aromatic heterocycles. The van der Waals surface area contributed by atoms with Crippen LogP contribution in [0.2, 0.25) is 0 Å². The molecule has 0 aliphatic rings. The van der Waals surface area contributed by atoms with E-state index in [1.54, 1.807) is 13.8 Å². The van der Waals surface area contributed by atoms with Crippen molar-refractivity contribution in [1.82, 2.24) is 10.6 Å². The molecule has 0 rings (SSSR count). The van der Waals surface area contributed by atoms with Crippen LogP contribution in [0.25, 0.3) is 0 Å². The summed E-state index contributed by atoms with van der Waals surface area (Å²) in [6.45, 7) is 5.38. The molecule has 0 aliphatic heterocycles. The highest BCUT2D eigenvalue weighted by atomic mass is 16.4. The SMILES string of the molecule is C#CC(C)(C)NC(=O)NCC(CCC)C(=O)O. The summed E-state index contributed by atoms with van der Waals surface area (Å²) in [5, 5.41) is 14.0. The van der Waals surface area contributed by atoms with Crippen LogP contribution in [0, 0.1) is 18.3 Å². The second kappa shape index (κ2) is 6.79. The van der Waals surface area contributed by atoms with Crippen molar-refractivity contribution in [1.29, 1.82) is 0 Å². The molecular formula is C12H20N2O3. The topological polar surface area (TPSA) is 78.4 Å². The predicted molar refractivity (Wildman–Crippen MR) is 65.5 cm³/mol. The minimum atomic E-state index is -0.900. The van der Waals surface area contributed by atoms with Crippen LogP contribution in [0.15, 0.2) is 0 Å². The van der Waals surface area contributed by atoms with Crippen molar-refractivity contribution in [3.8, 4) is 12.3 Å².